The number of furan rings is 1. The molecule has 2 rings (SSSR count). The van der Waals surface area contributed by atoms with E-state index in [1.165, 1.54) is 0 Å². The fourth-order valence-electron chi connectivity index (χ4n) is 2.00. The minimum Gasteiger partial charge on any atom is -0.469 e. The van der Waals surface area contributed by atoms with Crippen LogP contribution in [0.2, 0.25) is 0 Å². The summed E-state index contributed by atoms with van der Waals surface area (Å²) in [6.07, 6.45) is 3.95. The highest BCUT2D eigenvalue weighted by Gasteiger charge is 2.16. The number of nitrogens with one attached hydrogen (secondary N) is 2. The van der Waals surface area contributed by atoms with E-state index in [4.69, 9.17) is 4.42 Å². The maximum atomic E-state index is 12.4. The first kappa shape index (κ1) is 15.6. The SMILES string of the molecule is CCNc1ncc(Br)cc1C(=O)NC(C)Cc1ccco1. The van der Waals surface area contributed by atoms with Crippen molar-refractivity contribution in [3.05, 3.63) is 46.5 Å². The number of hydrogen-bond donors (Lipinski definition) is 2. The summed E-state index contributed by atoms with van der Waals surface area (Å²) in [6.45, 7) is 4.61. The topological polar surface area (TPSA) is 67.2 Å². The molecule has 0 fully saturated rings. The Bertz CT molecular complexity index is 599. The number of nitrogens with zero attached hydrogens (tertiary/aromatic N) is 1. The Morgan fingerprint density at radius 3 is 3.00 bits per heavy atom. The van der Waals surface area contributed by atoms with E-state index in [0.29, 0.717) is 24.3 Å². The molecule has 2 aromatic heterocycles. The van der Waals surface area contributed by atoms with Crippen molar-refractivity contribution in [1.29, 1.82) is 0 Å². The Morgan fingerprint density at radius 2 is 2.33 bits per heavy atom. The van der Waals surface area contributed by atoms with E-state index >= 15 is 0 Å². The average Bonchev–Trinajstić information content (AvgIpc) is 2.93. The summed E-state index contributed by atoms with van der Waals surface area (Å²) in [5, 5.41) is 6.05. The van der Waals surface area contributed by atoms with E-state index in [1.807, 2.05) is 26.0 Å². The lowest BCUT2D eigenvalue weighted by molar-refractivity contribution is 0.0939. The lowest BCUT2D eigenvalue weighted by Crippen LogP contribution is -2.34. The Labute approximate surface area is 132 Å². The number of carbonyl (C=O) groups excluding carboxylic acids is 1. The molecule has 2 N–H and O–H groups in total. The minimum absolute atomic E-state index is 0.0305. The first-order valence-electron chi connectivity index (χ1n) is 6.82. The second-order valence-corrected chi connectivity index (χ2v) is 5.65. The highest BCUT2D eigenvalue weighted by Crippen LogP contribution is 2.18. The molecular weight excluding hydrogens is 334 g/mol. The molecule has 2 aromatic rings. The van der Waals surface area contributed by atoms with Gasteiger partial charge in [-0.05, 0) is 48.0 Å². The van der Waals surface area contributed by atoms with Gasteiger partial charge in [0.2, 0.25) is 0 Å². The van der Waals surface area contributed by atoms with Crippen molar-refractivity contribution < 1.29 is 9.21 Å². The van der Waals surface area contributed by atoms with Crippen LogP contribution in [0.3, 0.4) is 0 Å². The Balaban J connectivity index is 2.07. The predicted octanol–water partition coefficient (Wildman–Crippen LogP) is 3.23. The molecule has 2 heterocycles. The molecule has 6 heteroatoms. The van der Waals surface area contributed by atoms with Crippen molar-refractivity contribution in [3.63, 3.8) is 0 Å². The number of amides is 1. The third-order valence-electron chi connectivity index (χ3n) is 2.91. The van der Waals surface area contributed by atoms with Crippen LogP contribution < -0.4 is 10.6 Å². The Morgan fingerprint density at radius 1 is 1.52 bits per heavy atom. The molecule has 21 heavy (non-hydrogen) atoms. The highest BCUT2D eigenvalue weighted by atomic mass is 79.9. The van der Waals surface area contributed by atoms with Gasteiger partial charge in [0.1, 0.15) is 11.6 Å². The van der Waals surface area contributed by atoms with E-state index in [2.05, 4.69) is 31.5 Å². The average molecular weight is 352 g/mol. The Kier molecular flexibility index (Phi) is 5.38. The third kappa shape index (κ3) is 4.32. The van der Waals surface area contributed by atoms with Gasteiger partial charge in [0.25, 0.3) is 5.91 Å². The second kappa shape index (κ2) is 7.26. The van der Waals surface area contributed by atoms with Gasteiger partial charge in [0, 0.05) is 29.7 Å². The van der Waals surface area contributed by atoms with Gasteiger partial charge in [-0.25, -0.2) is 4.98 Å². The van der Waals surface area contributed by atoms with Crippen molar-refractivity contribution in [3.8, 4) is 0 Å². The van der Waals surface area contributed by atoms with Gasteiger partial charge in [-0.15, -0.1) is 0 Å². The van der Waals surface area contributed by atoms with Crippen molar-refractivity contribution in [1.82, 2.24) is 10.3 Å². The van der Waals surface area contributed by atoms with Gasteiger partial charge in [-0.2, -0.15) is 0 Å². The fourth-order valence-corrected chi connectivity index (χ4v) is 2.34. The van der Waals surface area contributed by atoms with E-state index in [9.17, 15) is 4.79 Å². The van der Waals surface area contributed by atoms with Crippen LogP contribution in [0.4, 0.5) is 5.82 Å². The van der Waals surface area contributed by atoms with E-state index < -0.39 is 0 Å². The van der Waals surface area contributed by atoms with E-state index in [0.717, 1.165) is 10.2 Å². The molecule has 112 valence electrons. The second-order valence-electron chi connectivity index (χ2n) is 4.74. The van der Waals surface area contributed by atoms with Gasteiger partial charge in [0.05, 0.1) is 11.8 Å². The van der Waals surface area contributed by atoms with Crippen LogP contribution in [0.1, 0.15) is 30.0 Å². The molecule has 0 saturated carbocycles. The number of aromatic nitrogens is 1. The fraction of sp³-hybridized carbons (Fsp3) is 0.333. The minimum atomic E-state index is -0.154. The maximum absolute atomic E-state index is 12.4. The highest BCUT2D eigenvalue weighted by molar-refractivity contribution is 9.10. The molecule has 1 unspecified atom stereocenters. The number of anilines is 1. The zero-order valence-corrected chi connectivity index (χ0v) is 13.6. The van der Waals surface area contributed by atoms with Gasteiger partial charge in [0.15, 0.2) is 0 Å². The van der Waals surface area contributed by atoms with Crippen LogP contribution >= 0.6 is 15.9 Å². The summed E-state index contributed by atoms with van der Waals surface area (Å²) < 4.78 is 6.06. The molecule has 0 aliphatic carbocycles. The van der Waals surface area contributed by atoms with Gasteiger partial charge in [-0.1, -0.05) is 0 Å². The summed E-state index contributed by atoms with van der Waals surface area (Å²) in [4.78, 5) is 16.6. The zero-order chi connectivity index (χ0) is 15.2. The van der Waals surface area contributed by atoms with Crippen LogP contribution in [-0.2, 0) is 6.42 Å². The number of carbonyl (C=O) groups is 1. The van der Waals surface area contributed by atoms with E-state index in [-0.39, 0.29) is 11.9 Å². The number of rotatable bonds is 6. The van der Waals surface area contributed by atoms with Crippen LogP contribution in [0, 0.1) is 0 Å². The standard InChI is InChI=1S/C15H18BrN3O2/c1-3-17-14-13(8-11(16)9-18-14)15(20)19-10(2)7-12-5-4-6-21-12/h4-6,8-10H,3,7H2,1-2H3,(H,17,18)(H,19,20). The largest absolute Gasteiger partial charge is 0.469 e. The normalized spacial score (nSPS) is 12.0. The molecule has 0 aliphatic rings. The summed E-state index contributed by atoms with van der Waals surface area (Å²) in [7, 11) is 0. The quantitative estimate of drug-likeness (QED) is 0.838. The molecule has 0 aromatic carbocycles. The lowest BCUT2D eigenvalue weighted by Gasteiger charge is -2.15. The zero-order valence-electron chi connectivity index (χ0n) is 12.0. The summed E-state index contributed by atoms with van der Waals surface area (Å²) in [5.41, 5.74) is 0.525. The summed E-state index contributed by atoms with van der Waals surface area (Å²) in [5.74, 6) is 1.28. The maximum Gasteiger partial charge on any atom is 0.255 e. The van der Waals surface area contributed by atoms with Crippen LogP contribution in [0.15, 0.2) is 39.5 Å². The monoisotopic (exact) mass is 351 g/mol. The molecule has 0 saturated heterocycles. The van der Waals surface area contributed by atoms with Crippen LogP contribution in [-0.4, -0.2) is 23.5 Å². The first-order valence-corrected chi connectivity index (χ1v) is 7.62. The summed E-state index contributed by atoms with van der Waals surface area (Å²) >= 11 is 3.35. The van der Waals surface area contributed by atoms with Gasteiger partial charge >= 0.3 is 0 Å². The molecule has 1 amide bonds. The first-order chi connectivity index (χ1) is 10.1. The van der Waals surface area contributed by atoms with Gasteiger partial charge < -0.3 is 15.1 Å². The van der Waals surface area contributed by atoms with E-state index in [1.54, 1.807) is 18.5 Å². The molecular formula is C15H18BrN3O2. The third-order valence-corrected chi connectivity index (χ3v) is 3.34. The molecule has 0 spiro atoms. The predicted molar refractivity (Wildman–Crippen MR) is 85.4 cm³/mol. The molecule has 0 bridgehead atoms. The van der Waals surface area contributed by atoms with Crippen molar-refractivity contribution in [2.24, 2.45) is 0 Å². The van der Waals surface area contributed by atoms with Crippen LogP contribution in [0.25, 0.3) is 0 Å². The smallest absolute Gasteiger partial charge is 0.255 e. The van der Waals surface area contributed by atoms with Crippen LogP contribution in [0.5, 0.6) is 0 Å². The van der Waals surface area contributed by atoms with Crippen molar-refractivity contribution in [2.45, 2.75) is 26.3 Å². The molecule has 1 atom stereocenters. The molecule has 0 aliphatic heterocycles. The number of halogens is 1. The Hall–Kier alpha value is -1.82. The summed E-state index contributed by atoms with van der Waals surface area (Å²) in [6, 6.07) is 5.47. The molecule has 0 radical (unpaired) electrons. The molecule has 5 nitrogen and oxygen atoms in total. The lowest BCUT2D eigenvalue weighted by atomic mass is 10.1. The van der Waals surface area contributed by atoms with Crippen molar-refractivity contribution in [2.75, 3.05) is 11.9 Å². The number of pyridine rings is 1. The van der Waals surface area contributed by atoms with Gasteiger partial charge in [-0.3, -0.25) is 4.79 Å². The number of hydrogen-bond acceptors (Lipinski definition) is 4. The van der Waals surface area contributed by atoms with Crippen molar-refractivity contribution >= 4 is 27.7 Å².